The van der Waals surface area contributed by atoms with Crippen LogP contribution in [0.3, 0.4) is 0 Å². The minimum atomic E-state index is -0.223. The van der Waals surface area contributed by atoms with Crippen molar-refractivity contribution >= 4 is 39.1 Å². The third-order valence-corrected chi connectivity index (χ3v) is 5.58. The molecular weight excluding hydrogens is 374 g/mol. The number of carbonyl (C=O) groups is 1. The third kappa shape index (κ3) is 3.65. The Balaban J connectivity index is 1.96. The molecule has 6 nitrogen and oxygen atoms in total. The molecule has 0 fully saturated rings. The van der Waals surface area contributed by atoms with Crippen molar-refractivity contribution in [2.24, 2.45) is 0 Å². The van der Waals surface area contributed by atoms with Crippen LogP contribution in [0, 0.1) is 6.92 Å². The van der Waals surface area contributed by atoms with E-state index in [1.807, 2.05) is 18.2 Å². The summed E-state index contributed by atoms with van der Waals surface area (Å²) in [6, 6.07) is 7.37. The summed E-state index contributed by atoms with van der Waals surface area (Å²) in [7, 11) is 1.57. The lowest BCUT2D eigenvalue weighted by atomic mass is 10.2. The molecule has 1 aromatic carbocycles. The number of carbonyl (C=O) groups excluding carboxylic acids is 1. The number of aromatic nitrogens is 2. The van der Waals surface area contributed by atoms with E-state index in [0.29, 0.717) is 45.4 Å². The molecule has 26 heavy (non-hydrogen) atoms. The van der Waals surface area contributed by atoms with Crippen LogP contribution in [0.5, 0.6) is 0 Å². The number of aryl methyl sites for hydroxylation is 1. The zero-order chi connectivity index (χ0) is 18.7. The van der Waals surface area contributed by atoms with E-state index >= 15 is 0 Å². The van der Waals surface area contributed by atoms with Crippen molar-refractivity contribution in [1.29, 1.82) is 0 Å². The molecule has 0 atom stereocenters. The second-order valence-corrected chi connectivity index (χ2v) is 7.16. The van der Waals surface area contributed by atoms with E-state index in [1.54, 1.807) is 20.1 Å². The van der Waals surface area contributed by atoms with Crippen molar-refractivity contribution in [3.8, 4) is 0 Å². The average Bonchev–Trinajstić information content (AvgIpc) is 2.97. The van der Waals surface area contributed by atoms with E-state index < -0.39 is 0 Å². The predicted molar refractivity (Wildman–Crippen MR) is 103 cm³/mol. The molecule has 0 aliphatic rings. The molecule has 0 aliphatic carbocycles. The van der Waals surface area contributed by atoms with Gasteiger partial charge in [0, 0.05) is 18.7 Å². The minimum Gasteiger partial charge on any atom is -0.383 e. The van der Waals surface area contributed by atoms with Gasteiger partial charge in [-0.3, -0.25) is 14.2 Å². The van der Waals surface area contributed by atoms with Gasteiger partial charge >= 0.3 is 0 Å². The smallest absolute Gasteiger partial charge is 0.262 e. The Morgan fingerprint density at radius 2 is 2.15 bits per heavy atom. The number of rotatable bonds is 6. The number of hydrogen-bond donors (Lipinski definition) is 1. The van der Waals surface area contributed by atoms with E-state index in [-0.39, 0.29) is 11.5 Å². The zero-order valence-electron chi connectivity index (χ0n) is 14.4. The Morgan fingerprint density at radius 1 is 1.38 bits per heavy atom. The predicted octanol–water partition coefficient (Wildman–Crippen LogP) is 2.84. The molecule has 0 aliphatic heterocycles. The molecule has 8 heteroatoms. The lowest BCUT2D eigenvalue weighted by molar-refractivity contribution is 0.0940. The maximum atomic E-state index is 12.9. The first-order chi connectivity index (χ1) is 12.5. The lowest BCUT2D eigenvalue weighted by Crippen LogP contribution is -2.27. The maximum Gasteiger partial charge on any atom is 0.262 e. The minimum absolute atomic E-state index is 0.181. The number of halogens is 1. The molecule has 3 aromatic rings. The van der Waals surface area contributed by atoms with Crippen molar-refractivity contribution in [3.63, 3.8) is 0 Å². The fourth-order valence-corrected chi connectivity index (χ4v) is 3.90. The van der Waals surface area contributed by atoms with Gasteiger partial charge in [-0.05, 0) is 24.1 Å². The first-order valence-corrected chi connectivity index (χ1v) is 9.21. The number of hydrogen-bond acceptors (Lipinski definition) is 5. The molecule has 0 spiro atoms. The summed E-state index contributed by atoms with van der Waals surface area (Å²) in [6.07, 6.45) is 1.50. The maximum absolute atomic E-state index is 12.9. The third-order valence-electron chi connectivity index (χ3n) is 4.01. The van der Waals surface area contributed by atoms with E-state index in [4.69, 9.17) is 16.3 Å². The molecule has 1 amide bonds. The monoisotopic (exact) mass is 391 g/mol. The average molecular weight is 392 g/mol. The molecule has 0 unspecified atom stereocenters. The molecule has 136 valence electrons. The van der Waals surface area contributed by atoms with Gasteiger partial charge in [0.25, 0.3) is 11.5 Å². The highest BCUT2D eigenvalue weighted by Crippen LogP contribution is 2.27. The Kier molecular flexibility index (Phi) is 5.70. The van der Waals surface area contributed by atoms with Crippen molar-refractivity contribution in [1.82, 2.24) is 14.9 Å². The standard InChI is InChI=1S/C18H18ClN3O3S/c1-11-14-17(26-15(11)16(23)20-7-8-25-2)21-10-22(18(14)24)9-12-5-3-4-6-13(12)19/h3-6,10H,7-9H2,1-2H3,(H,20,23). The van der Waals surface area contributed by atoms with Crippen LogP contribution in [0.2, 0.25) is 5.02 Å². The normalized spacial score (nSPS) is 11.0. The summed E-state index contributed by atoms with van der Waals surface area (Å²) in [5.41, 5.74) is 1.30. The van der Waals surface area contributed by atoms with Crippen LogP contribution < -0.4 is 10.9 Å². The topological polar surface area (TPSA) is 73.2 Å². The van der Waals surface area contributed by atoms with Gasteiger partial charge in [-0.2, -0.15) is 0 Å². The Labute approximate surface area is 159 Å². The number of nitrogens with one attached hydrogen (secondary N) is 1. The van der Waals surface area contributed by atoms with Crippen LogP contribution in [0.4, 0.5) is 0 Å². The van der Waals surface area contributed by atoms with E-state index in [2.05, 4.69) is 10.3 Å². The van der Waals surface area contributed by atoms with Crippen molar-refractivity contribution in [2.45, 2.75) is 13.5 Å². The molecule has 0 saturated heterocycles. The van der Waals surface area contributed by atoms with Crippen LogP contribution in [-0.2, 0) is 11.3 Å². The first-order valence-electron chi connectivity index (χ1n) is 8.02. The summed E-state index contributed by atoms with van der Waals surface area (Å²) in [5.74, 6) is -0.223. The van der Waals surface area contributed by atoms with Gasteiger partial charge in [-0.1, -0.05) is 29.8 Å². The van der Waals surface area contributed by atoms with Gasteiger partial charge in [0.2, 0.25) is 0 Å². The SMILES string of the molecule is COCCNC(=O)c1sc2ncn(Cc3ccccc3Cl)c(=O)c2c1C. The fourth-order valence-electron chi connectivity index (χ4n) is 2.65. The molecule has 2 aromatic heterocycles. The van der Waals surface area contributed by atoms with Crippen LogP contribution >= 0.6 is 22.9 Å². The highest BCUT2D eigenvalue weighted by atomic mass is 35.5. The number of nitrogens with zero attached hydrogens (tertiary/aromatic N) is 2. The number of benzene rings is 1. The largest absolute Gasteiger partial charge is 0.383 e. The van der Waals surface area contributed by atoms with Crippen LogP contribution in [0.25, 0.3) is 10.2 Å². The quantitative estimate of drug-likeness (QED) is 0.656. The first kappa shape index (κ1) is 18.6. The van der Waals surface area contributed by atoms with E-state index in [1.165, 1.54) is 22.2 Å². The van der Waals surface area contributed by atoms with Crippen molar-refractivity contribution < 1.29 is 9.53 Å². The van der Waals surface area contributed by atoms with Gasteiger partial charge in [-0.15, -0.1) is 11.3 Å². The van der Waals surface area contributed by atoms with E-state index in [0.717, 1.165) is 5.56 Å². The van der Waals surface area contributed by atoms with Crippen LogP contribution in [0.1, 0.15) is 20.8 Å². The summed E-state index contributed by atoms with van der Waals surface area (Å²) in [6.45, 7) is 2.94. The van der Waals surface area contributed by atoms with Gasteiger partial charge in [0.05, 0.1) is 29.7 Å². The number of methoxy groups -OCH3 is 1. The van der Waals surface area contributed by atoms with Gasteiger partial charge in [0.15, 0.2) is 0 Å². The van der Waals surface area contributed by atoms with Gasteiger partial charge in [-0.25, -0.2) is 4.98 Å². The van der Waals surface area contributed by atoms with Crippen LogP contribution in [0.15, 0.2) is 35.4 Å². The number of ether oxygens (including phenoxy) is 1. The Hall–Kier alpha value is -2.22. The van der Waals surface area contributed by atoms with Crippen molar-refractivity contribution in [3.05, 3.63) is 62.0 Å². The van der Waals surface area contributed by atoms with Gasteiger partial charge in [0.1, 0.15) is 4.83 Å². The summed E-state index contributed by atoms with van der Waals surface area (Å²) in [4.78, 5) is 30.6. The second-order valence-electron chi connectivity index (χ2n) is 5.75. The highest BCUT2D eigenvalue weighted by molar-refractivity contribution is 7.20. The van der Waals surface area contributed by atoms with E-state index in [9.17, 15) is 9.59 Å². The number of thiophene rings is 1. The molecule has 3 rings (SSSR count). The van der Waals surface area contributed by atoms with Crippen LogP contribution in [-0.4, -0.2) is 35.7 Å². The summed E-state index contributed by atoms with van der Waals surface area (Å²) in [5, 5.41) is 3.85. The number of fused-ring (bicyclic) bond motifs is 1. The van der Waals surface area contributed by atoms with Crippen molar-refractivity contribution in [2.75, 3.05) is 20.3 Å². The second kappa shape index (κ2) is 7.99. The van der Waals surface area contributed by atoms with Gasteiger partial charge < -0.3 is 10.1 Å². The molecule has 0 radical (unpaired) electrons. The fraction of sp³-hybridized carbons (Fsp3) is 0.278. The molecule has 0 bridgehead atoms. The molecule has 0 saturated carbocycles. The Bertz CT molecular complexity index is 1010. The zero-order valence-corrected chi connectivity index (χ0v) is 16.0. The lowest BCUT2D eigenvalue weighted by Gasteiger charge is -2.07. The Morgan fingerprint density at radius 3 is 2.88 bits per heavy atom. The molecule has 1 N–H and O–H groups in total. The highest BCUT2D eigenvalue weighted by Gasteiger charge is 2.19. The summed E-state index contributed by atoms with van der Waals surface area (Å²) >= 11 is 7.40. The number of amides is 1. The summed E-state index contributed by atoms with van der Waals surface area (Å²) < 4.78 is 6.44. The molecular formula is C18H18ClN3O3S. The molecule has 2 heterocycles.